The molecule has 1 saturated heterocycles. The predicted octanol–water partition coefficient (Wildman–Crippen LogP) is 5.59. The molecular formula is C36H40N2O6. The Bertz CT molecular complexity index is 1490. The number of rotatable bonds is 14. The number of aliphatic carboxylic acids is 1. The van der Waals surface area contributed by atoms with Crippen molar-refractivity contribution in [2.24, 2.45) is 11.8 Å². The number of carboxylic acids is 2. The van der Waals surface area contributed by atoms with Gasteiger partial charge in [-0.3, -0.25) is 14.4 Å². The van der Waals surface area contributed by atoms with E-state index >= 15 is 0 Å². The molecule has 1 heterocycles. The van der Waals surface area contributed by atoms with Crippen LogP contribution in [0.15, 0.2) is 78.9 Å². The van der Waals surface area contributed by atoms with Crippen LogP contribution >= 0.6 is 0 Å². The van der Waals surface area contributed by atoms with Crippen LogP contribution in [-0.4, -0.2) is 57.5 Å². The zero-order valence-corrected chi connectivity index (χ0v) is 24.9. The van der Waals surface area contributed by atoms with Crippen LogP contribution in [0.5, 0.6) is 0 Å². The molecule has 8 nitrogen and oxygen atoms in total. The highest BCUT2D eigenvalue weighted by molar-refractivity contribution is 6.06. The molecular weight excluding hydrogens is 556 g/mol. The van der Waals surface area contributed by atoms with E-state index in [1.165, 1.54) is 11.6 Å². The highest BCUT2D eigenvalue weighted by Gasteiger charge is 2.69. The van der Waals surface area contributed by atoms with Crippen molar-refractivity contribution in [3.8, 4) is 0 Å². The topological polar surface area (TPSA) is 124 Å². The van der Waals surface area contributed by atoms with Gasteiger partial charge in [-0.15, -0.1) is 0 Å². The van der Waals surface area contributed by atoms with Crippen molar-refractivity contribution in [1.29, 1.82) is 0 Å². The third-order valence-electron chi connectivity index (χ3n) is 9.16. The lowest BCUT2D eigenvalue weighted by Crippen LogP contribution is -2.42. The van der Waals surface area contributed by atoms with Crippen LogP contribution in [-0.2, 0) is 22.4 Å². The van der Waals surface area contributed by atoms with Gasteiger partial charge in [0, 0.05) is 13.1 Å². The average Bonchev–Trinajstić information content (AvgIpc) is 3.56. The van der Waals surface area contributed by atoms with E-state index in [1.54, 1.807) is 17.0 Å². The summed E-state index contributed by atoms with van der Waals surface area (Å²) < 4.78 is 0. The Kier molecular flexibility index (Phi) is 9.78. The molecule has 1 spiro atoms. The SMILES string of the molecule is O=C(O)c1ccc(Cc2ccccc2)cc1C(=O)NCCCCCCN1C(=O)C12CC(Cc1ccccc1)CCC2C(=O)O. The van der Waals surface area contributed by atoms with Gasteiger partial charge in [0.2, 0.25) is 5.91 Å². The van der Waals surface area contributed by atoms with Crippen LogP contribution < -0.4 is 5.32 Å². The molecule has 5 rings (SSSR count). The van der Waals surface area contributed by atoms with Crippen LogP contribution in [0, 0.1) is 11.8 Å². The van der Waals surface area contributed by atoms with Gasteiger partial charge in [-0.25, -0.2) is 4.79 Å². The van der Waals surface area contributed by atoms with E-state index in [2.05, 4.69) is 17.4 Å². The van der Waals surface area contributed by atoms with Crippen LogP contribution in [0.25, 0.3) is 0 Å². The first-order chi connectivity index (χ1) is 21.3. The second-order valence-electron chi connectivity index (χ2n) is 12.1. The molecule has 1 aliphatic heterocycles. The highest BCUT2D eigenvalue weighted by Crippen LogP contribution is 2.52. The summed E-state index contributed by atoms with van der Waals surface area (Å²) in [6, 6.07) is 24.8. The van der Waals surface area contributed by atoms with Crippen LogP contribution in [0.3, 0.4) is 0 Å². The molecule has 0 aromatic heterocycles. The maximum atomic E-state index is 13.1. The lowest BCUT2D eigenvalue weighted by atomic mass is 9.71. The fourth-order valence-corrected chi connectivity index (χ4v) is 6.89. The minimum atomic E-state index is -1.14. The van der Waals surface area contributed by atoms with E-state index in [4.69, 9.17) is 0 Å². The first-order valence-corrected chi connectivity index (χ1v) is 15.6. The lowest BCUT2D eigenvalue weighted by molar-refractivity contribution is -0.145. The van der Waals surface area contributed by atoms with Crippen molar-refractivity contribution >= 4 is 23.8 Å². The summed E-state index contributed by atoms with van der Waals surface area (Å²) in [5.74, 6) is -2.83. The van der Waals surface area contributed by atoms with E-state index in [0.717, 1.165) is 43.2 Å². The summed E-state index contributed by atoms with van der Waals surface area (Å²) in [7, 11) is 0. The molecule has 230 valence electrons. The average molecular weight is 597 g/mol. The lowest BCUT2D eigenvalue weighted by Gasteiger charge is -2.33. The molecule has 3 aromatic rings. The molecule has 2 aliphatic rings. The normalized spacial score (nSPS) is 20.8. The quantitative estimate of drug-likeness (QED) is 0.165. The number of hydrogen-bond donors (Lipinski definition) is 3. The van der Waals surface area contributed by atoms with Gasteiger partial charge in [-0.2, -0.15) is 0 Å². The zero-order valence-electron chi connectivity index (χ0n) is 24.9. The first kappa shape index (κ1) is 31.0. The van der Waals surface area contributed by atoms with Gasteiger partial charge in [-0.1, -0.05) is 79.6 Å². The Morgan fingerprint density at radius 1 is 0.795 bits per heavy atom. The summed E-state index contributed by atoms with van der Waals surface area (Å²) in [5.41, 5.74) is 2.42. The summed E-state index contributed by atoms with van der Waals surface area (Å²) in [5, 5.41) is 22.4. The number of benzene rings is 3. The number of nitrogens with one attached hydrogen (secondary N) is 1. The van der Waals surface area contributed by atoms with Gasteiger partial charge in [0.15, 0.2) is 0 Å². The Morgan fingerprint density at radius 3 is 2.16 bits per heavy atom. The maximum Gasteiger partial charge on any atom is 0.336 e. The fraction of sp³-hybridized carbons (Fsp3) is 0.389. The van der Waals surface area contributed by atoms with Crippen LogP contribution in [0.1, 0.15) is 82.4 Å². The molecule has 2 amide bonds. The zero-order chi connectivity index (χ0) is 31.1. The van der Waals surface area contributed by atoms with Gasteiger partial charge in [0.25, 0.3) is 5.91 Å². The van der Waals surface area contributed by atoms with Crippen molar-refractivity contribution in [1.82, 2.24) is 10.2 Å². The minimum absolute atomic E-state index is 0.0234. The summed E-state index contributed by atoms with van der Waals surface area (Å²) >= 11 is 0. The molecule has 44 heavy (non-hydrogen) atoms. The third kappa shape index (κ3) is 7.01. The van der Waals surface area contributed by atoms with Crippen molar-refractivity contribution in [3.05, 3.63) is 107 Å². The van der Waals surface area contributed by atoms with Crippen molar-refractivity contribution < 1.29 is 29.4 Å². The molecule has 3 unspecified atom stereocenters. The molecule has 0 radical (unpaired) electrons. The number of hydrogen-bond acceptors (Lipinski definition) is 4. The third-order valence-corrected chi connectivity index (χ3v) is 9.16. The molecule has 3 atom stereocenters. The van der Waals surface area contributed by atoms with Gasteiger partial charge >= 0.3 is 11.9 Å². The molecule has 2 fully saturated rings. The summed E-state index contributed by atoms with van der Waals surface area (Å²) in [6.07, 6.45) is 6.53. The standard InChI is InChI=1S/C36H40N2O6/c39-32(30-23-27(15-17-29(30)33(40)41)21-25-11-5-3-6-12-25)37-19-9-1-2-10-20-38-35(44)36(38)24-28(16-18-31(36)34(42)43)22-26-13-7-4-8-14-26/h3-8,11-15,17,23,28,31H,1-2,9-10,16,18-22,24H2,(H,37,39)(H,40,41)(H,42,43). The van der Waals surface area contributed by atoms with Gasteiger partial charge in [0.1, 0.15) is 5.54 Å². The molecule has 3 N–H and O–H groups in total. The Balaban J connectivity index is 1.07. The Morgan fingerprint density at radius 2 is 1.48 bits per heavy atom. The van der Waals surface area contributed by atoms with Crippen molar-refractivity contribution in [2.45, 2.75) is 63.3 Å². The largest absolute Gasteiger partial charge is 0.481 e. The summed E-state index contributed by atoms with van der Waals surface area (Å²) in [6.45, 7) is 0.957. The number of carboxylic acid groups (broad SMARTS) is 2. The number of nitrogens with zero attached hydrogens (tertiary/aromatic N) is 1. The second kappa shape index (κ2) is 13.9. The van der Waals surface area contributed by atoms with Gasteiger partial charge in [0.05, 0.1) is 17.0 Å². The van der Waals surface area contributed by atoms with Crippen molar-refractivity contribution in [3.63, 3.8) is 0 Å². The van der Waals surface area contributed by atoms with Gasteiger partial charge < -0.3 is 20.4 Å². The predicted molar refractivity (Wildman–Crippen MR) is 167 cm³/mol. The van der Waals surface area contributed by atoms with Crippen LogP contribution in [0.2, 0.25) is 0 Å². The van der Waals surface area contributed by atoms with Crippen LogP contribution in [0.4, 0.5) is 0 Å². The fourth-order valence-electron chi connectivity index (χ4n) is 6.89. The molecule has 8 heteroatoms. The number of carbonyl (C=O) groups is 4. The molecule has 0 bridgehead atoms. The smallest absolute Gasteiger partial charge is 0.336 e. The highest BCUT2D eigenvalue weighted by atomic mass is 16.4. The van der Waals surface area contributed by atoms with E-state index in [9.17, 15) is 29.4 Å². The molecule has 1 aliphatic carbocycles. The van der Waals surface area contributed by atoms with Crippen molar-refractivity contribution in [2.75, 3.05) is 13.1 Å². The van der Waals surface area contributed by atoms with E-state index in [0.29, 0.717) is 38.8 Å². The maximum absolute atomic E-state index is 13.1. The number of unbranched alkanes of at least 4 members (excludes halogenated alkanes) is 3. The summed E-state index contributed by atoms with van der Waals surface area (Å²) in [4.78, 5) is 51.6. The van der Waals surface area contributed by atoms with E-state index < -0.39 is 29.3 Å². The van der Waals surface area contributed by atoms with E-state index in [1.807, 2.05) is 48.5 Å². The monoisotopic (exact) mass is 596 g/mol. The number of amides is 2. The molecule has 3 aromatic carbocycles. The minimum Gasteiger partial charge on any atom is -0.481 e. The Labute approximate surface area is 258 Å². The van der Waals surface area contributed by atoms with Gasteiger partial charge in [-0.05, 0) is 79.7 Å². The number of carbonyl (C=O) groups excluding carboxylic acids is 2. The second-order valence-corrected chi connectivity index (χ2v) is 12.1. The number of aromatic carboxylic acids is 1. The molecule has 1 saturated carbocycles. The Hall–Kier alpha value is -4.46. The van der Waals surface area contributed by atoms with E-state index in [-0.39, 0.29) is 23.0 Å². The first-order valence-electron chi connectivity index (χ1n) is 15.6.